The molecule has 0 bridgehead atoms. The van der Waals surface area contributed by atoms with E-state index in [1.54, 1.807) is 5.94 Å². The van der Waals surface area contributed by atoms with Crippen molar-refractivity contribution in [2.45, 2.75) is 0 Å². The Balaban J connectivity index is 2.51. The second-order valence-corrected chi connectivity index (χ2v) is 2.17. The van der Waals surface area contributed by atoms with Gasteiger partial charge < -0.3 is 0 Å². The lowest BCUT2D eigenvalue weighted by atomic mass is 10.3. The quantitative estimate of drug-likeness (QED) is 0.399. The molecule has 1 radical (unpaired) electrons. The predicted octanol–water partition coefficient (Wildman–Crippen LogP) is -0.748. The van der Waals surface area contributed by atoms with Crippen molar-refractivity contribution in [3.63, 3.8) is 0 Å². The van der Waals surface area contributed by atoms with Crippen LogP contribution in [0.25, 0.3) is 0 Å². The highest BCUT2D eigenvalue weighted by Gasteiger charge is 2.10. The van der Waals surface area contributed by atoms with Crippen LogP contribution in [0.4, 0.5) is 0 Å². The van der Waals surface area contributed by atoms with Crippen molar-refractivity contribution >= 4 is 5.94 Å². The van der Waals surface area contributed by atoms with Gasteiger partial charge in [0.2, 0.25) is 0 Å². The summed E-state index contributed by atoms with van der Waals surface area (Å²) in [6.07, 6.45) is 0. The third-order valence-corrected chi connectivity index (χ3v) is 1.32. The number of nitrogens with zero attached hydrogens (tertiary/aromatic N) is 2. The van der Waals surface area contributed by atoms with Crippen molar-refractivity contribution in [1.29, 1.82) is 0 Å². The topological polar surface area (TPSA) is 34.4 Å². The van der Waals surface area contributed by atoms with Crippen LogP contribution in [0.15, 0.2) is 5.70 Å². The van der Waals surface area contributed by atoms with Gasteiger partial charge in [-0.15, -0.1) is 0 Å². The summed E-state index contributed by atoms with van der Waals surface area (Å²) >= 11 is 0. The third-order valence-electron chi connectivity index (χ3n) is 1.32. The molecule has 0 unspecified atom stereocenters. The van der Waals surface area contributed by atoms with Gasteiger partial charge >= 0.3 is 0 Å². The van der Waals surface area contributed by atoms with Crippen molar-refractivity contribution in [2.75, 3.05) is 26.7 Å². The van der Waals surface area contributed by atoms with Gasteiger partial charge in [-0.05, 0) is 7.05 Å². The van der Waals surface area contributed by atoms with Crippen molar-refractivity contribution in [2.24, 2.45) is 0 Å². The molecule has 1 heterocycles. The molecule has 0 aromatic rings. The van der Waals surface area contributed by atoms with E-state index >= 15 is 0 Å². The van der Waals surface area contributed by atoms with Crippen LogP contribution in [0.3, 0.4) is 0 Å². The zero-order chi connectivity index (χ0) is 6.69. The van der Waals surface area contributed by atoms with E-state index in [0.717, 1.165) is 13.1 Å². The number of piperazine rings is 1. The number of carbonyl (C=O) groups excluding carboxylic acids is 1. The Labute approximate surface area is 54.3 Å². The molecule has 0 amide bonds. The summed E-state index contributed by atoms with van der Waals surface area (Å²) in [5.74, 6) is 1.79. The molecule has 0 atom stereocenters. The Morgan fingerprint density at radius 3 is 3.00 bits per heavy atom. The van der Waals surface area contributed by atoms with E-state index in [9.17, 15) is 4.79 Å². The average molecular weight is 125 g/mol. The van der Waals surface area contributed by atoms with Gasteiger partial charge in [0.15, 0.2) is 0 Å². The van der Waals surface area contributed by atoms with Crippen LogP contribution in [-0.2, 0) is 4.79 Å². The Hall–Kier alpha value is -0.790. The molecule has 0 aliphatic carbocycles. The largest absolute Gasteiger partial charge is 0.298 e. The minimum Gasteiger partial charge on any atom is -0.298 e. The third kappa shape index (κ3) is 1.56. The Bertz CT molecular complexity index is 149. The van der Waals surface area contributed by atoms with Crippen molar-refractivity contribution < 1.29 is 4.79 Å². The van der Waals surface area contributed by atoms with E-state index in [-0.39, 0.29) is 0 Å². The fraction of sp³-hybridized carbons (Fsp3) is 0.667. The van der Waals surface area contributed by atoms with E-state index in [2.05, 4.69) is 5.32 Å². The zero-order valence-electron chi connectivity index (χ0n) is 5.42. The van der Waals surface area contributed by atoms with E-state index < -0.39 is 0 Å². The molecule has 3 nitrogen and oxygen atoms in total. The van der Waals surface area contributed by atoms with Crippen LogP contribution in [0.1, 0.15) is 0 Å². The maximum Gasteiger partial charge on any atom is 0.149 e. The van der Waals surface area contributed by atoms with E-state index in [4.69, 9.17) is 0 Å². The maximum absolute atomic E-state index is 10.0. The first kappa shape index (κ1) is 6.33. The first-order chi connectivity index (χ1) is 4.33. The van der Waals surface area contributed by atoms with Crippen LogP contribution in [0, 0.1) is 0 Å². The average Bonchev–Trinajstić information content (AvgIpc) is 1.88. The molecule has 1 aliphatic heterocycles. The minimum absolute atomic E-state index is 0.545. The first-order valence-electron chi connectivity index (χ1n) is 2.93. The van der Waals surface area contributed by atoms with Crippen LogP contribution >= 0.6 is 0 Å². The molecule has 0 spiro atoms. The van der Waals surface area contributed by atoms with Crippen molar-refractivity contribution in [3.8, 4) is 0 Å². The summed E-state index contributed by atoms with van der Waals surface area (Å²) in [4.78, 5) is 12.1. The predicted molar refractivity (Wildman–Crippen MR) is 33.7 cm³/mol. The van der Waals surface area contributed by atoms with Crippen LogP contribution in [0.5, 0.6) is 0 Å². The molecule has 1 fully saturated rings. The summed E-state index contributed by atoms with van der Waals surface area (Å²) < 4.78 is 0. The second-order valence-electron chi connectivity index (χ2n) is 2.17. The molecule has 0 saturated carbocycles. The highest BCUT2D eigenvalue weighted by molar-refractivity contribution is 5.52. The lowest BCUT2D eigenvalue weighted by Crippen LogP contribution is -2.36. The minimum atomic E-state index is 0.545. The Kier molecular flexibility index (Phi) is 1.88. The normalized spacial score (nSPS) is 20.8. The Morgan fingerprint density at radius 2 is 2.56 bits per heavy atom. The number of rotatable bonds is 0. The number of hydrogen-bond donors (Lipinski definition) is 0. The lowest BCUT2D eigenvalue weighted by molar-refractivity contribution is 0.321. The van der Waals surface area contributed by atoms with Crippen LogP contribution in [0.2, 0.25) is 0 Å². The monoisotopic (exact) mass is 125 g/mol. The van der Waals surface area contributed by atoms with Gasteiger partial charge in [-0.1, -0.05) is 0 Å². The van der Waals surface area contributed by atoms with E-state index in [1.165, 1.54) is 0 Å². The molecule has 49 valence electrons. The standard InChI is InChI=1S/C6H9N2O/c1-8-3-2-7-6(4-8)5-9/h2-4H2,1H3. The summed E-state index contributed by atoms with van der Waals surface area (Å²) in [5, 5.41) is 3.95. The number of hydrogen-bond acceptors (Lipinski definition) is 2. The lowest BCUT2D eigenvalue weighted by Gasteiger charge is -2.21. The smallest absolute Gasteiger partial charge is 0.149 e. The SMILES string of the molecule is CN1CC[N]C(=C=O)C1. The van der Waals surface area contributed by atoms with Crippen molar-refractivity contribution in [1.82, 2.24) is 10.2 Å². The van der Waals surface area contributed by atoms with Gasteiger partial charge in [-0.3, -0.25) is 10.2 Å². The molecule has 0 N–H and O–H groups in total. The Morgan fingerprint density at radius 1 is 1.78 bits per heavy atom. The summed E-state index contributed by atoms with van der Waals surface area (Å²) in [5.41, 5.74) is 0.545. The van der Waals surface area contributed by atoms with Gasteiger partial charge in [-0.2, -0.15) is 0 Å². The highest BCUT2D eigenvalue weighted by Crippen LogP contribution is 1.95. The van der Waals surface area contributed by atoms with E-state index in [1.807, 2.05) is 11.9 Å². The van der Waals surface area contributed by atoms with Gasteiger partial charge in [0.05, 0.1) is 13.1 Å². The molecular formula is C6H9N2O. The molecule has 0 aromatic heterocycles. The molecule has 3 heteroatoms. The molecule has 0 aromatic carbocycles. The molecule has 9 heavy (non-hydrogen) atoms. The fourth-order valence-corrected chi connectivity index (χ4v) is 0.805. The molecule has 1 rings (SSSR count). The van der Waals surface area contributed by atoms with Crippen molar-refractivity contribution in [3.05, 3.63) is 5.70 Å². The molecule has 1 aliphatic rings. The fourth-order valence-electron chi connectivity index (χ4n) is 0.805. The van der Waals surface area contributed by atoms with E-state index in [0.29, 0.717) is 12.2 Å². The first-order valence-corrected chi connectivity index (χ1v) is 2.93. The van der Waals surface area contributed by atoms with Crippen LogP contribution < -0.4 is 5.32 Å². The summed E-state index contributed by atoms with van der Waals surface area (Å²) in [7, 11) is 1.96. The maximum atomic E-state index is 10.0. The van der Waals surface area contributed by atoms with Crippen LogP contribution in [-0.4, -0.2) is 37.5 Å². The second kappa shape index (κ2) is 2.67. The van der Waals surface area contributed by atoms with Gasteiger partial charge in [-0.25, -0.2) is 4.79 Å². The van der Waals surface area contributed by atoms with Gasteiger partial charge in [0, 0.05) is 6.54 Å². The molecule has 1 saturated heterocycles. The molecular weight excluding hydrogens is 116 g/mol. The number of likely N-dealkylation sites (N-methyl/N-ethyl adjacent to an activating group) is 1. The highest BCUT2D eigenvalue weighted by atomic mass is 16.1. The summed E-state index contributed by atoms with van der Waals surface area (Å²) in [6.45, 7) is 2.34. The summed E-state index contributed by atoms with van der Waals surface area (Å²) in [6, 6.07) is 0. The van der Waals surface area contributed by atoms with Gasteiger partial charge in [0.25, 0.3) is 0 Å². The van der Waals surface area contributed by atoms with Gasteiger partial charge in [0.1, 0.15) is 11.6 Å². The zero-order valence-corrected chi connectivity index (χ0v) is 5.42.